The number of thiazole rings is 1. The van der Waals surface area contributed by atoms with Gasteiger partial charge >= 0.3 is 0 Å². The Bertz CT molecular complexity index is 919. The van der Waals surface area contributed by atoms with Crippen molar-refractivity contribution in [3.05, 3.63) is 39.6 Å². The predicted octanol–water partition coefficient (Wildman–Crippen LogP) is 1.66. The Morgan fingerprint density at radius 3 is 2.93 bits per heavy atom. The number of aryl methyl sites for hydroxylation is 1. The topological polar surface area (TPSA) is 53.5 Å². The molecule has 154 valence electrons. The Morgan fingerprint density at radius 2 is 2.14 bits per heavy atom. The zero-order valence-corrected chi connectivity index (χ0v) is 18.8. The molecule has 2 aromatic heterocycles. The lowest BCUT2D eigenvalue weighted by Crippen LogP contribution is -2.52. The van der Waals surface area contributed by atoms with E-state index in [1.807, 2.05) is 18.5 Å². The summed E-state index contributed by atoms with van der Waals surface area (Å²) in [7, 11) is 3.97. The van der Waals surface area contributed by atoms with Gasteiger partial charge in [0.15, 0.2) is 0 Å². The molecule has 1 unspecified atom stereocenters. The van der Waals surface area contributed by atoms with Crippen LogP contribution in [-0.2, 0) is 4.74 Å². The number of methoxy groups -OCH3 is 1. The van der Waals surface area contributed by atoms with Gasteiger partial charge < -0.3 is 15.0 Å². The molecular weight excluding hydrogens is 417 g/mol. The summed E-state index contributed by atoms with van der Waals surface area (Å²) in [5, 5.41) is 7.73. The van der Waals surface area contributed by atoms with E-state index in [4.69, 9.17) is 14.7 Å². The smallest absolute Gasteiger partial charge is 0.124 e. The third kappa shape index (κ3) is 4.44. The van der Waals surface area contributed by atoms with Gasteiger partial charge in [0.1, 0.15) is 10.7 Å². The fourth-order valence-corrected chi connectivity index (χ4v) is 4.48. The minimum atomic E-state index is 0. The number of piperazine rings is 1. The van der Waals surface area contributed by atoms with E-state index in [1.54, 1.807) is 18.4 Å². The van der Waals surface area contributed by atoms with Crippen LogP contribution in [0.2, 0.25) is 0 Å². The van der Waals surface area contributed by atoms with Gasteiger partial charge in [0.05, 0.1) is 16.1 Å². The lowest BCUT2D eigenvalue weighted by atomic mass is 10.1. The molecule has 1 atom stereocenters. The van der Waals surface area contributed by atoms with Gasteiger partial charge in [-0.05, 0) is 32.5 Å². The van der Waals surface area contributed by atoms with Gasteiger partial charge in [-0.3, -0.25) is 9.88 Å². The monoisotopic (exact) mass is 443 g/mol. The van der Waals surface area contributed by atoms with Crippen molar-refractivity contribution >= 4 is 53.0 Å². The van der Waals surface area contributed by atoms with Crippen LogP contribution in [-0.4, -0.2) is 66.2 Å². The molecule has 28 heavy (non-hydrogen) atoms. The highest BCUT2D eigenvalue weighted by Gasteiger charge is 2.29. The molecule has 6 nitrogen and oxygen atoms in total. The van der Waals surface area contributed by atoms with Crippen molar-refractivity contribution in [2.45, 2.75) is 19.4 Å². The number of fused-ring (bicyclic) bond motifs is 2. The first-order chi connectivity index (χ1) is 12.7. The number of rotatable bonds is 4. The molecule has 1 saturated heterocycles. The van der Waals surface area contributed by atoms with E-state index in [2.05, 4.69) is 35.2 Å². The molecule has 0 bridgehead atoms. The molecule has 0 amide bonds. The van der Waals surface area contributed by atoms with Crippen LogP contribution in [0, 0.1) is 6.92 Å². The highest BCUT2D eigenvalue weighted by atomic mass is 35.5. The fourth-order valence-electron chi connectivity index (χ4n) is 3.69. The summed E-state index contributed by atoms with van der Waals surface area (Å²) in [6, 6.07) is 4.56. The van der Waals surface area contributed by atoms with Crippen LogP contribution in [0.15, 0.2) is 18.3 Å². The highest BCUT2D eigenvalue weighted by molar-refractivity contribution is 7.16. The minimum absolute atomic E-state index is 0. The van der Waals surface area contributed by atoms with Crippen molar-refractivity contribution in [1.82, 2.24) is 19.8 Å². The Hall–Kier alpha value is -1.38. The van der Waals surface area contributed by atoms with Gasteiger partial charge in [-0.1, -0.05) is 0 Å². The highest BCUT2D eigenvalue weighted by Crippen LogP contribution is 2.32. The van der Waals surface area contributed by atoms with E-state index in [-0.39, 0.29) is 24.8 Å². The van der Waals surface area contributed by atoms with E-state index in [9.17, 15) is 0 Å². The lowest BCUT2D eigenvalue weighted by Gasteiger charge is -2.41. The number of anilines is 1. The quantitative estimate of drug-likeness (QED) is 0.775. The van der Waals surface area contributed by atoms with E-state index < -0.39 is 0 Å². The number of aromatic nitrogens is 2. The fraction of sp³-hybridized carbons (Fsp3) is 0.474. The standard InChI is InChI=1S/C19H25N5OS.2ClH/c1-13-22-17-18(24-9-8-23(2)15(12-24)6-10-25-3)16-14(5-4-7-20-16)11-21-19(17)26-13;;/h4-5,7,11,15,21H,6,8-10,12H2,1-3H3;2*1H. The number of likely N-dealkylation sites (N-methyl/N-ethyl adjacent to an activating group) is 1. The molecule has 0 aliphatic carbocycles. The number of hydrogen-bond acceptors (Lipinski definition) is 7. The van der Waals surface area contributed by atoms with Crippen molar-refractivity contribution in [3.8, 4) is 0 Å². The van der Waals surface area contributed by atoms with Gasteiger partial charge in [-0.15, -0.1) is 36.2 Å². The van der Waals surface area contributed by atoms with Crippen LogP contribution in [0.5, 0.6) is 0 Å². The SMILES string of the molecule is COCCC1CN(C2=c3ncccc3=CNc3sc(C)nc32)CCN1C.Cl.Cl. The first-order valence-corrected chi connectivity index (χ1v) is 9.83. The predicted molar refractivity (Wildman–Crippen MR) is 120 cm³/mol. The van der Waals surface area contributed by atoms with Crippen LogP contribution in [0.3, 0.4) is 0 Å². The van der Waals surface area contributed by atoms with Crippen molar-refractivity contribution in [1.29, 1.82) is 0 Å². The molecule has 0 aromatic carbocycles. The molecule has 2 aliphatic rings. The van der Waals surface area contributed by atoms with Crippen LogP contribution in [0.25, 0.3) is 11.9 Å². The van der Waals surface area contributed by atoms with Gasteiger partial charge in [0.2, 0.25) is 0 Å². The average molecular weight is 444 g/mol. The van der Waals surface area contributed by atoms with Crippen LogP contribution in [0.1, 0.15) is 17.1 Å². The van der Waals surface area contributed by atoms with Crippen LogP contribution in [0.4, 0.5) is 5.00 Å². The van der Waals surface area contributed by atoms with Gasteiger partial charge in [-0.2, -0.15) is 0 Å². The normalized spacial score (nSPS) is 18.6. The largest absolute Gasteiger partial charge is 0.385 e. The number of hydrogen-bond donors (Lipinski definition) is 1. The Balaban J connectivity index is 0.00000140. The summed E-state index contributed by atoms with van der Waals surface area (Å²) in [6.45, 7) is 5.80. The second kappa shape index (κ2) is 9.89. The first-order valence-electron chi connectivity index (χ1n) is 9.01. The van der Waals surface area contributed by atoms with Gasteiger partial charge in [-0.25, -0.2) is 4.98 Å². The second-order valence-electron chi connectivity index (χ2n) is 6.85. The number of halogens is 2. The number of pyridine rings is 1. The van der Waals surface area contributed by atoms with Crippen LogP contribution >= 0.6 is 36.2 Å². The molecule has 1 fully saturated rings. The number of ether oxygens (including phenoxy) is 1. The Kier molecular flexibility index (Phi) is 8.09. The van der Waals surface area contributed by atoms with Crippen molar-refractivity contribution in [2.75, 3.05) is 45.7 Å². The number of nitrogens with one attached hydrogen (secondary N) is 1. The molecule has 1 N–H and O–H groups in total. The summed E-state index contributed by atoms with van der Waals surface area (Å²) in [5.41, 5.74) is 2.17. The Labute approximate surface area is 182 Å². The van der Waals surface area contributed by atoms with E-state index >= 15 is 0 Å². The lowest BCUT2D eigenvalue weighted by molar-refractivity contribution is 0.0959. The minimum Gasteiger partial charge on any atom is -0.385 e. The molecule has 0 radical (unpaired) electrons. The van der Waals surface area contributed by atoms with E-state index in [0.29, 0.717) is 6.04 Å². The van der Waals surface area contributed by atoms with Gasteiger partial charge in [0.25, 0.3) is 0 Å². The summed E-state index contributed by atoms with van der Waals surface area (Å²) < 4.78 is 5.32. The molecule has 4 rings (SSSR count). The van der Waals surface area contributed by atoms with E-state index in [0.717, 1.165) is 64.6 Å². The zero-order chi connectivity index (χ0) is 18.1. The van der Waals surface area contributed by atoms with Gasteiger partial charge in [0, 0.05) is 57.0 Å². The van der Waals surface area contributed by atoms with E-state index in [1.165, 1.54) is 0 Å². The van der Waals surface area contributed by atoms with Crippen molar-refractivity contribution < 1.29 is 4.74 Å². The third-order valence-corrected chi connectivity index (χ3v) is 6.03. The van der Waals surface area contributed by atoms with Crippen molar-refractivity contribution in [3.63, 3.8) is 0 Å². The molecule has 9 heteroatoms. The second-order valence-corrected chi connectivity index (χ2v) is 8.05. The average Bonchev–Trinajstić information content (AvgIpc) is 2.94. The molecule has 2 aliphatic heterocycles. The van der Waals surface area contributed by atoms with Crippen LogP contribution < -0.4 is 15.9 Å². The maximum atomic E-state index is 5.32. The zero-order valence-electron chi connectivity index (χ0n) is 16.3. The molecule has 0 spiro atoms. The van der Waals surface area contributed by atoms with Crippen molar-refractivity contribution in [2.24, 2.45) is 0 Å². The summed E-state index contributed by atoms with van der Waals surface area (Å²) in [6.07, 6.45) is 4.94. The Morgan fingerprint density at radius 1 is 1.32 bits per heavy atom. The summed E-state index contributed by atoms with van der Waals surface area (Å²) in [5.74, 6) is 0. The summed E-state index contributed by atoms with van der Waals surface area (Å²) >= 11 is 1.70. The third-order valence-electron chi connectivity index (χ3n) is 5.13. The maximum absolute atomic E-state index is 5.32. The molecule has 2 aromatic rings. The maximum Gasteiger partial charge on any atom is 0.124 e. The summed E-state index contributed by atoms with van der Waals surface area (Å²) in [4.78, 5) is 14.5. The first kappa shape index (κ1) is 22.9. The molecular formula is C19H27Cl2N5OS. The molecule has 0 saturated carbocycles. The molecule has 4 heterocycles. The number of nitrogens with zero attached hydrogens (tertiary/aromatic N) is 4.